The largest absolute Gasteiger partial charge is 0.277 e. The van der Waals surface area contributed by atoms with Crippen molar-refractivity contribution in [2.45, 2.75) is 19.3 Å². The predicted octanol–water partition coefficient (Wildman–Crippen LogP) is 15.3. The van der Waals surface area contributed by atoms with Crippen LogP contribution in [0.2, 0.25) is 0 Å². The van der Waals surface area contributed by atoms with E-state index in [1.54, 1.807) is 0 Å². The fourth-order valence-electron chi connectivity index (χ4n) is 9.89. The van der Waals surface area contributed by atoms with Crippen molar-refractivity contribution in [1.82, 2.24) is 19.5 Å². The third kappa shape index (κ3) is 6.26. The minimum Gasteiger partial charge on any atom is -0.277 e. The quantitative estimate of drug-likeness (QED) is 0.161. The molecule has 0 saturated heterocycles. The van der Waals surface area contributed by atoms with Gasteiger partial charge < -0.3 is 0 Å². The van der Waals surface area contributed by atoms with Crippen molar-refractivity contribution in [3.05, 3.63) is 230 Å². The topological polar surface area (TPSA) is 43.6 Å². The summed E-state index contributed by atoms with van der Waals surface area (Å²) in [6, 6.07) is 77.8. The molecule has 4 heteroatoms. The summed E-state index contributed by atoms with van der Waals surface area (Å²) in [6.45, 7) is 4.68. The Labute approximate surface area is 372 Å². The molecule has 1 aliphatic rings. The molecule has 0 aliphatic heterocycles. The maximum Gasteiger partial charge on any atom is 0.238 e. The molecule has 1 aliphatic carbocycles. The molecule has 4 nitrogen and oxygen atoms in total. The summed E-state index contributed by atoms with van der Waals surface area (Å²) in [7, 11) is 0. The highest BCUT2D eigenvalue weighted by molar-refractivity contribution is 6.13. The van der Waals surface area contributed by atoms with Crippen molar-refractivity contribution in [2.75, 3.05) is 0 Å². The van der Waals surface area contributed by atoms with E-state index >= 15 is 0 Å². The molecule has 9 aromatic carbocycles. The van der Waals surface area contributed by atoms with Crippen LogP contribution in [0.1, 0.15) is 25.0 Å². The predicted molar refractivity (Wildman–Crippen MR) is 264 cm³/mol. The van der Waals surface area contributed by atoms with E-state index in [4.69, 9.17) is 15.0 Å². The van der Waals surface area contributed by atoms with E-state index in [1.807, 2.05) is 18.2 Å². The number of hydrogen-bond acceptors (Lipinski definition) is 3. The van der Waals surface area contributed by atoms with E-state index in [-0.39, 0.29) is 5.41 Å². The molecule has 2 heterocycles. The van der Waals surface area contributed by atoms with Crippen LogP contribution in [0.25, 0.3) is 106 Å². The number of para-hydroxylation sites is 1. The fourth-order valence-corrected chi connectivity index (χ4v) is 9.89. The van der Waals surface area contributed by atoms with Gasteiger partial charge in [0.25, 0.3) is 0 Å². The molecule has 0 unspecified atom stereocenters. The van der Waals surface area contributed by atoms with Crippen LogP contribution in [0.5, 0.6) is 0 Å². The van der Waals surface area contributed by atoms with Crippen LogP contribution in [-0.4, -0.2) is 19.5 Å². The Morgan fingerprint density at radius 1 is 0.344 bits per heavy atom. The zero-order valence-corrected chi connectivity index (χ0v) is 35.6. The number of aromatic nitrogens is 4. The summed E-state index contributed by atoms with van der Waals surface area (Å²) in [5.41, 5.74) is 18.4. The second-order valence-electron chi connectivity index (χ2n) is 17.2. The molecular formula is C60H42N4. The molecule has 11 aromatic rings. The third-order valence-corrected chi connectivity index (χ3v) is 13.1. The Bertz CT molecular complexity index is 3550. The first-order valence-electron chi connectivity index (χ1n) is 21.9. The van der Waals surface area contributed by atoms with Gasteiger partial charge >= 0.3 is 0 Å². The van der Waals surface area contributed by atoms with Crippen LogP contribution < -0.4 is 0 Å². The SMILES string of the molecule is CC1(C)c2ccccc2-c2ccc3c4ccccc4n(-c4nc(-c5ccccc5)nc(-c5cccc(-c6cccc(-c7ccc(-c8ccc(-c9ccccc9)cc8)cc7)c6)c5)n4)c3c21. The number of benzene rings is 9. The lowest BCUT2D eigenvalue weighted by Crippen LogP contribution is -2.17. The standard InChI is InChI=1S/C60H42N4/c1-60(2)53-25-11-9-23-49(53)51-35-36-52-50-24-10-12-26-54(50)64(56(52)55(51)60)59-62-57(44-17-7-4-8-18-44)61-58(63-59)48-22-14-21-47(38-48)46-20-13-19-45(37-46)43-33-31-42(32-34-43)41-29-27-40(28-30-41)39-15-5-3-6-16-39/h3-38H,1-2H3. The third-order valence-electron chi connectivity index (χ3n) is 13.1. The van der Waals surface area contributed by atoms with E-state index in [1.165, 1.54) is 60.8 Å². The van der Waals surface area contributed by atoms with Crippen LogP contribution in [-0.2, 0) is 5.41 Å². The van der Waals surface area contributed by atoms with Gasteiger partial charge in [-0.05, 0) is 85.0 Å². The van der Waals surface area contributed by atoms with E-state index in [0.29, 0.717) is 17.6 Å². The van der Waals surface area contributed by atoms with Gasteiger partial charge in [0.2, 0.25) is 5.95 Å². The van der Waals surface area contributed by atoms with Crippen molar-refractivity contribution >= 4 is 21.8 Å². The van der Waals surface area contributed by atoms with Crippen molar-refractivity contribution in [2.24, 2.45) is 0 Å². The highest BCUT2D eigenvalue weighted by Crippen LogP contribution is 2.53. The minimum atomic E-state index is -0.240. The molecule has 0 amide bonds. The molecular weight excluding hydrogens is 777 g/mol. The zero-order chi connectivity index (χ0) is 42.8. The smallest absolute Gasteiger partial charge is 0.238 e. The minimum absolute atomic E-state index is 0.240. The number of nitrogens with zero attached hydrogens (tertiary/aromatic N) is 4. The first-order valence-corrected chi connectivity index (χ1v) is 21.9. The molecule has 0 N–H and O–H groups in total. The molecule has 302 valence electrons. The van der Waals surface area contributed by atoms with Crippen molar-refractivity contribution in [3.63, 3.8) is 0 Å². The molecule has 0 fully saturated rings. The second-order valence-corrected chi connectivity index (χ2v) is 17.2. The van der Waals surface area contributed by atoms with Crippen LogP contribution in [0.15, 0.2) is 218 Å². The first kappa shape index (κ1) is 37.5. The van der Waals surface area contributed by atoms with Gasteiger partial charge in [0.1, 0.15) is 0 Å². The maximum absolute atomic E-state index is 5.39. The number of fused-ring (bicyclic) bond motifs is 7. The van der Waals surface area contributed by atoms with Gasteiger partial charge in [-0.15, -0.1) is 0 Å². The number of hydrogen-bond donors (Lipinski definition) is 0. The van der Waals surface area contributed by atoms with Gasteiger partial charge in [-0.2, -0.15) is 9.97 Å². The molecule has 0 radical (unpaired) electrons. The highest BCUT2D eigenvalue weighted by atomic mass is 15.2. The normalized spacial score (nSPS) is 12.7. The summed E-state index contributed by atoms with van der Waals surface area (Å²) >= 11 is 0. The van der Waals surface area contributed by atoms with E-state index < -0.39 is 0 Å². The Hall–Kier alpha value is -8.21. The Morgan fingerprint density at radius 2 is 0.812 bits per heavy atom. The summed E-state index contributed by atoms with van der Waals surface area (Å²) < 4.78 is 2.28. The second kappa shape index (κ2) is 15.0. The van der Waals surface area contributed by atoms with Crippen LogP contribution in [0.3, 0.4) is 0 Å². The zero-order valence-electron chi connectivity index (χ0n) is 35.6. The lowest BCUT2D eigenvalue weighted by atomic mass is 9.81. The Morgan fingerprint density at radius 3 is 1.47 bits per heavy atom. The molecule has 0 atom stereocenters. The summed E-state index contributed by atoms with van der Waals surface area (Å²) in [6.07, 6.45) is 0. The lowest BCUT2D eigenvalue weighted by Gasteiger charge is -2.23. The monoisotopic (exact) mass is 818 g/mol. The van der Waals surface area contributed by atoms with Gasteiger partial charge in [-0.1, -0.05) is 214 Å². The maximum atomic E-state index is 5.39. The van der Waals surface area contributed by atoms with Gasteiger partial charge in [-0.25, -0.2) is 4.98 Å². The summed E-state index contributed by atoms with van der Waals surface area (Å²) in [5.74, 6) is 1.85. The van der Waals surface area contributed by atoms with Gasteiger partial charge in [0, 0.05) is 27.3 Å². The van der Waals surface area contributed by atoms with E-state index in [2.05, 4.69) is 219 Å². The Kier molecular flexibility index (Phi) is 8.80. The molecule has 2 aromatic heterocycles. The molecule has 12 rings (SSSR count). The lowest BCUT2D eigenvalue weighted by molar-refractivity contribution is 0.663. The average molecular weight is 819 g/mol. The van der Waals surface area contributed by atoms with Crippen molar-refractivity contribution in [3.8, 4) is 84.4 Å². The first-order chi connectivity index (χ1) is 31.5. The molecule has 0 spiro atoms. The highest BCUT2D eigenvalue weighted by Gasteiger charge is 2.38. The van der Waals surface area contributed by atoms with Crippen LogP contribution >= 0.6 is 0 Å². The average Bonchev–Trinajstić information content (AvgIpc) is 3.82. The molecule has 0 bridgehead atoms. The van der Waals surface area contributed by atoms with Gasteiger partial charge in [0.15, 0.2) is 11.6 Å². The number of rotatable bonds is 7. The fraction of sp³-hybridized carbons (Fsp3) is 0.0500. The van der Waals surface area contributed by atoms with Gasteiger partial charge in [0.05, 0.1) is 11.0 Å². The van der Waals surface area contributed by atoms with E-state index in [9.17, 15) is 0 Å². The van der Waals surface area contributed by atoms with Crippen LogP contribution in [0.4, 0.5) is 0 Å². The molecule has 0 saturated carbocycles. The van der Waals surface area contributed by atoms with Crippen LogP contribution in [0, 0.1) is 0 Å². The van der Waals surface area contributed by atoms with Gasteiger partial charge in [-0.3, -0.25) is 4.57 Å². The summed E-state index contributed by atoms with van der Waals surface area (Å²) in [4.78, 5) is 15.9. The van der Waals surface area contributed by atoms with Crippen molar-refractivity contribution < 1.29 is 0 Å². The summed E-state index contributed by atoms with van der Waals surface area (Å²) in [5, 5.41) is 2.36. The van der Waals surface area contributed by atoms with Crippen molar-refractivity contribution in [1.29, 1.82) is 0 Å². The molecule has 64 heavy (non-hydrogen) atoms. The van der Waals surface area contributed by atoms with E-state index in [0.717, 1.165) is 38.9 Å². The Balaban J connectivity index is 0.946.